The summed E-state index contributed by atoms with van der Waals surface area (Å²) in [6.07, 6.45) is 1.88. The van der Waals surface area contributed by atoms with Gasteiger partial charge < -0.3 is 4.74 Å². The van der Waals surface area contributed by atoms with Crippen molar-refractivity contribution in [2.75, 3.05) is 12.4 Å². The van der Waals surface area contributed by atoms with E-state index in [0.29, 0.717) is 12.8 Å². The van der Waals surface area contributed by atoms with Crippen molar-refractivity contribution < 1.29 is 17.9 Å². The van der Waals surface area contributed by atoms with E-state index >= 15 is 0 Å². The van der Waals surface area contributed by atoms with Crippen LogP contribution >= 0.6 is 0 Å². The van der Waals surface area contributed by atoms with Crippen LogP contribution < -0.4 is 0 Å². The molecule has 0 N–H and O–H groups in total. The Morgan fingerprint density at radius 1 is 1.46 bits per heavy atom. The average molecular weight is 206 g/mol. The topological polar surface area (TPSA) is 60.4 Å². The Kier molecular flexibility index (Phi) is 3.30. The van der Waals surface area contributed by atoms with Gasteiger partial charge in [0.1, 0.15) is 0 Å². The summed E-state index contributed by atoms with van der Waals surface area (Å²) in [4.78, 5) is 11.2. The van der Waals surface area contributed by atoms with Crippen LogP contribution in [0.2, 0.25) is 0 Å². The van der Waals surface area contributed by atoms with Crippen molar-refractivity contribution in [1.82, 2.24) is 0 Å². The lowest BCUT2D eigenvalue weighted by Gasteiger charge is -2.20. The standard InChI is InChI=1S/C8H14O4S/c1-2-12-8(9)7-5-3-4-6-13(7,10)11/h7H,2-6H2,1H3. The van der Waals surface area contributed by atoms with E-state index in [-0.39, 0.29) is 12.4 Å². The zero-order valence-corrected chi connectivity index (χ0v) is 8.47. The number of esters is 1. The SMILES string of the molecule is CCOC(=O)C1CCCCS1(=O)=O. The van der Waals surface area contributed by atoms with Crippen LogP contribution in [-0.2, 0) is 19.4 Å². The summed E-state index contributed by atoms with van der Waals surface area (Å²) in [7, 11) is -3.22. The molecule has 1 aliphatic rings. The zero-order valence-electron chi connectivity index (χ0n) is 7.65. The van der Waals surface area contributed by atoms with Crippen molar-refractivity contribution in [2.45, 2.75) is 31.4 Å². The third-order valence-electron chi connectivity index (χ3n) is 2.13. The van der Waals surface area contributed by atoms with Crippen LogP contribution in [0.15, 0.2) is 0 Å². The van der Waals surface area contributed by atoms with Crippen LogP contribution in [0.3, 0.4) is 0 Å². The molecular formula is C8H14O4S. The summed E-state index contributed by atoms with van der Waals surface area (Å²) >= 11 is 0. The van der Waals surface area contributed by atoms with Gasteiger partial charge in [-0.1, -0.05) is 6.42 Å². The van der Waals surface area contributed by atoms with Gasteiger partial charge in [-0.3, -0.25) is 4.79 Å². The Hall–Kier alpha value is -0.580. The first-order chi connectivity index (χ1) is 6.08. The van der Waals surface area contributed by atoms with E-state index in [0.717, 1.165) is 6.42 Å². The molecule has 13 heavy (non-hydrogen) atoms. The first-order valence-electron chi connectivity index (χ1n) is 4.46. The molecule has 1 fully saturated rings. The first kappa shape index (κ1) is 10.5. The third kappa shape index (κ3) is 2.43. The van der Waals surface area contributed by atoms with Gasteiger partial charge in [0.15, 0.2) is 15.1 Å². The van der Waals surface area contributed by atoms with Crippen molar-refractivity contribution >= 4 is 15.8 Å². The molecule has 0 aromatic heterocycles. The van der Waals surface area contributed by atoms with Crippen molar-refractivity contribution in [1.29, 1.82) is 0 Å². The lowest BCUT2D eigenvalue weighted by molar-refractivity contribution is -0.142. The minimum Gasteiger partial charge on any atom is -0.465 e. The van der Waals surface area contributed by atoms with Gasteiger partial charge in [-0.2, -0.15) is 0 Å². The zero-order chi connectivity index (χ0) is 9.90. The quantitative estimate of drug-likeness (QED) is 0.618. The van der Waals surface area contributed by atoms with Gasteiger partial charge in [0.25, 0.3) is 0 Å². The summed E-state index contributed by atoms with van der Waals surface area (Å²) in [6, 6.07) is 0. The predicted molar refractivity (Wildman–Crippen MR) is 48.1 cm³/mol. The monoisotopic (exact) mass is 206 g/mol. The van der Waals surface area contributed by atoms with Gasteiger partial charge in [-0.25, -0.2) is 8.42 Å². The molecule has 1 heterocycles. The number of sulfone groups is 1. The minimum absolute atomic E-state index is 0.122. The van der Waals surface area contributed by atoms with E-state index in [1.54, 1.807) is 6.92 Å². The normalized spacial score (nSPS) is 26.7. The van der Waals surface area contributed by atoms with E-state index in [9.17, 15) is 13.2 Å². The second-order valence-electron chi connectivity index (χ2n) is 3.10. The largest absolute Gasteiger partial charge is 0.465 e. The highest BCUT2D eigenvalue weighted by atomic mass is 32.2. The summed E-state index contributed by atoms with van der Waals surface area (Å²) in [5, 5.41) is -0.902. The predicted octanol–water partition coefficient (Wildman–Crippen LogP) is 0.517. The van der Waals surface area contributed by atoms with Crippen LogP contribution in [0.4, 0.5) is 0 Å². The molecule has 0 aliphatic carbocycles. The van der Waals surface area contributed by atoms with E-state index in [1.807, 2.05) is 0 Å². The fourth-order valence-electron chi connectivity index (χ4n) is 1.45. The van der Waals surface area contributed by atoms with Gasteiger partial charge in [-0.15, -0.1) is 0 Å². The molecule has 0 saturated carbocycles. The number of rotatable bonds is 2. The van der Waals surface area contributed by atoms with Crippen molar-refractivity contribution in [2.24, 2.45) is 0 Å². The molecule has 0 aromatic carbocycles. The Morgan fingerprint density at radius 3 is 2.69 bits per heavy atom. The molecule has 0 amide bonds. The van der Waals surface area contributed by atoms with Crippen LogP contribution in [-0.4, -0.2) is 32.0 Å². The Balaban J connectivity index is 2.71. The lowest BCUT2D eigenvalue weighted by Crippen LogP contribution is -2.36. The minimum atomic E-state index is -3.22. The number of ether oxygens (including phenoxy) is 1. The molecule has 1 saturated heterocycles. The van der Waals surface area contributed by atoms with Crippen LogP contribution in [0.25, 0.3) is 0 Å². The van der Waals surface area contributed by atoms with E-state index in [1.165, 1.54) is 0 Å². The lowest BCUT2D eigenvalue weighted by atomic mass is 10.2. The molecule has 1 atom stereocenters. The molecule has 5 heteroatoms. The number of carbonyl (C=O) groups excluding carboxylic acids is 1. The Morgan fingerprint density at radius 2 is 2.15 bits per heavy atom. The molecule has 1 aliphatic heterocycles. The summed E-state index contributed by atoms with van der Waals surface area (Å²) in [5.41, 5.74) is 0. The highest BCUT2D eigenvalue weighted by Gasteiger charge is 2.35. The first-order valence-corrected chi connectivity index (χ1v) is 6.17. The molecule has 76 valence electrons. The maximum Gasteiger partial charge on any atom is 0.324 e. The molecule has 0 radical (unpaired) electrons. The molecule has 1 unspecified atom stereocenters. The number of hydrogen-bond acceptors (Lipinski definition) is 4. The summed E-state index contributed by atoms with van der Waals surface area (Å²) in [6.45, 7) is 1.91. The summed E-state index contributed by atoms with van der Waals surface area (Å²) in [5.74, 6) is -0.460. The smallest absolute Gasteiger partial charge is 0.324 e. The van der Waals surface area contributed by atoms with Crippen LogP contribution in [0.5, 0.6) is 0 Å². The Labute approximate surface area is 78.2 Å². The van der Waals surface area contributed by atoms with Gasteiger partial charge in [0.2, 0.25) is 0 Å². The Bertz CT molecular complexity index is 281. The van der Waals surface area contributed by atoms with Gasteiger partial charge in [0.05, 0.1) is 12.4 Å². The van der Waals surface area contributed by atoms with Crippen LogP contribution in [0.1, 0.15) is 26.2 Å². The maximum atomic E-state index is 11.4. The fraction of sp³-hybridized carbons (Fsp3) is 0.875. The van der Waals surface area contributed by atoms with E-state index in [4.69, 9.17) is 4.74 Å². The molecule has 0 spiro atoms. The van der Waals surface area contributed by atoms with Gasteiger partial charge >= 0.3 is 5.97 Å². The summed E-state index contributed by atoms with van der Waals surface area (Å²) < 4.78 is 27.5. The molecular weight excluding hydrogens is 192 g/mol. The van der Waals surface area contributed by atoms with E-state index < -0.39 is 21.1 Å². The molecule has 4 nitrogen and oxygen atoms in total. The van der Waals surface area contributed by atoms with Crippen molar-refractivity contribution in [3.05, 3.63) is 0 Å². The van der Waals surface area contributed by atoms with Crippen LogP contribution in [0, 0.1) is 0 Å². The maximum absolute atomic E-state index is 11.4. The van der Waals surface area contributed by atoms with E-state index in [2.05, 4.69) is 0 Å². The van der Waals surface area contributed by atoms with Crippen molar-refractivity contribution in [3.63, 3.8) is 0 Å². The second kappa shape index (κ2) is 4.09. The van der Waals surface area contributed by atoms with Gasteiger partial charge in [-0.05, 0) is 19.8 Å². The molecule has 1 rings (SSSR count). The third-order valence-corrected chi connectivity index (χ3v) is 4.28. The molecule has 0 bridgehead atoms. The highest BCUT2D eigenvalue weighted by molar-refractivity contribution is 7.92. The van der Waals surface area contributed by atoms with Crippen molar-refractivity contribution in [3.8, 4) is 0 Å². The van der Waals surface area contributed by atoms with Gasteiger partial charge in [0, 0.05) is 0 Å². The second-order valence-corrected chi connectivity index (χ2v) is 5.41. The fourth-order valence-corrected chi connectivity index (χ4v) is 3.23. The number of hydrogen-bond donors (Lipinski definition) is 0. The molecule has 0 aromatic rings. The average Bonchev–Trinajstić information content (AvgIpc) is 2.03. The number of carbonyl (C=O) groups is 1. The highest BCUT2D eigenvalue weighted by Crippen LogP contribution is 2.20.